The lowest BCUT2D eigenvalue weighted by molar-refractivity contribution is -0.193. The molecule has 0 radical (unpaired) electrons. The van der Waals surface area contributed by atoms with Crippen LogP contribution in [0.4, 0.5) is 49.6 Å². The SMILES string of the molecule is Cn1c(-c2ccc(OC(F)F)c(F)c2F)cnc1C(=O)Nc1ccc(C(=O)NCCC2CN(CC3CNC3)C2)c(Cl)c1.O=C(O)C(F)(F)F.O=C(O)C(F)(F)F. The van der Waals surface area contributed by atoms with Gasteiger partial charge in [0.15, 0.2) is 17.4 Å². The molecule has 24 heteroatoms. The topological polar surface area (TPSA) is 175 Å². The first-order valence-electron chi connectivity index (χ1n) is 15.9. The number of halogens is 11. The number of hydrogen-bond donors (Lipinski definition) is 5. The van der Waals surface area contributed by atoms with E-state index >= 15 is 0 Å². The van der Waals surface area contributed by atoms with Crippen molar-refractivity contribution < 1.29 is 78.0 Å². The maximum absolute atomic E-state index is 14.6. The number of aromatic nitrogens is 2. The Balaban J connectivity index is 0.000000512. The molecule has 2 saturated heterocycles. The van der Waals surface area contributed by atoms with E-state index in [-0.39, 0.29) is 39.3 Å². The van der Waals surface area contributed by atoms with Gasteiger partial charge in [-0.15, -0.1) is 0 Å². The van der Waals surface area contributed by atoms with Crippen LogP contribution in [0.1, 0.15) is 27.4 Å². The minimum absolute atomic E-state index is 0.0236. The Kier molecular flexibility index (Phi) is 15.4. The number of nitrogens with one attached hydrogen (secondary N) is 3. The minimum Gasteiger partial charge on any atom is -0.475 e. The molecule has 0 atom stereocenters. The number of rotatable bonds is 11. The zero-order valence-corrected chi connectivity index (χ0v) is 29.3. The molecule has 0 bridgehead atoms. The van der Waals surface area contributed by atoms with Gasteiger partial charge in [-0.2, -0.15) is 39.5 Å². The number of carbonyl (C=O) groups excluding carboxylic acids is 2. The number of carboxylic acid groups (broad SMARTS) is 2. The number of imidazole rings is 1. The standard InChI is InChI=1S/C28H29ClF4N6O3.2C2HF3O2/c1-38-21(19-4-5-22(42-28(32)33)24(31)23(19)30)11-36-25(38)27(41)37-17-2-3-18(20(29)8-17)26(40)35-7-6-15-12-39(13-15)14-16-9-34-10-16;2*3-2(4,5)1(6)7/h2-5,8,11,15-16,28,34H,6-7,9-10,12-14H2,1H3,(H,35,40)(H,37,41);2*(H,6,7). The molecule has 0 unspecified atom stereocenters. The van der Waals surface area contributed by atoms with Gasteiger partial charge in [-0.1, -0.05) is 11.6 Å². The van der Waals surface area contributed by atoms with E-state index in [0.717, 1.165) is 63.4 Å². The van der Waals surface area contributed by atoms with E-state index in [9.17, 15) is 53.5 Å². The summed E-state index contributed by atoms with van der Waals surface area (Å²) < 4.78 is 122. The fourth-order valence-electron chi connectivity index (χ4n) is 5.09. The highest BCUT2D eigenvalue weighted by Crippen LogP contribution is 2.31. The van der Waals surface area contributed by atoms with Crippen LogP contribution in [0.3, 0.4) is 0 Å². The van der Waals surface area contributed by atoms with E-state index < -0.39 is 54.2 Å². The van der Waals surface area contributed by atoms with Gasteiger partial charge in [0.2, 0.25) is 5.82 Å². The van der Waals surface area contributed by atoms with Gasteiger partial charge in [0.25, 0.3) is 11.8 Å². The lowest BCUT2D eigenvalue weighted by atomic mass is 9.93. The van der Waals surface area contributed by atoms with Crippen LogP contribution in [0.25, 0.3) is 11.3 Å². The second kappa shape index (κ2) is 19.1. The number of likely N-dealkylation sites (tertiary alicyclic amines) is 1. The van der Waals surface area contributed by atoms with Crippen molar-refractivity contribution >= 4 is 41.0 Å². The van der Waals surface area contributed by atoms with E-state index in [2.05, 4.69) is 30.6 Å². The summed E-state index contributed by atoms with van der Waals surface area (Å²) in [5, 5.41) is 23.2. The number of aliphatic carboxylic acids is 2. The van der Waals surface area contributed by atoms with Crippen LogP contribution in [-0.2, 0) is 16.6 Å². The average Bonchev–Trinajstić information content (AvgIpc) is 3.43. The molecule has 5 N–H and O–H groups in total. The van der Waals surface area contributed by atoms with Gasteiger partial charge in [0.1, 0.15) is 0 Å². The molecule has 13 nitrogen and oxygen atoms in total. The Hall–Kier alpha value is -5.16. The van der Waals surface area contributed by atoms with Crippen LogP contribution < -0.4 is 20.7 Å². The second-order valence-electron chi connectivity index (χ2n) is 12.1. The smallest absolute Gasteiger partial charge is 0.475 e. The molecule has 0 saturated carbocycles. The highest BCUT2D eigenvalue weighted by molar-refractivity contribution is 6.34. The summed E-state index contributed by atoms with van der Waals surface area (Å²) in [5.74, 6) is -9.31. The maximum Gasteiger partial charge on any atom is 0.490 e. The van der Waals surface area contributed by atoms with E-state index in [1.165, 1.54) is 29.8 Å². The molecule has 2 amide bonds. The van der Waals surface area contributed by atoms with Crippen molar-refractivity contribution in [2.75, 3.05) is 44.6 Å². The molecule has 3 aromatic rings. The molecule has 5 rings (SSSR count). The van der Waals surface area contributed by atoms with Gasteiger partial charge in [-0.25, -0.2) is 19.0 Å². The highest BCUT2D eigenvalue weighted by Gasteiger charge is 2.39. The number of alkyl halides is 8. The molecule has 2 aliphatic heterocycles. The van der Waals surface area contributed by atoms with Crippen molar-refractivity contribution in [2.45, 2.75) is 25.4 Å². The van der Waals surface area contributed by atoms with Gasteiger partial charge >= 0.3 is 30.9 Å². The summed E-state index contributed by atoms with van der Waals surface area (Å²) >= 11 is 6.33. The molecule has 2 fully saturated rings. The first-order chi connectivity index (χ1) is 26.0. The van der Waals surface area contributed by atoms with Crippen molar-refractivity contribution in [1.82, 2.24) is 25.1 Å². The summed E-state index contributed by atoms with van der Waals surface area (Å²) in [6, 6.07) is 6.35. The van der Waals surface area contributed by atoms with Crippen LogP contribution in [0.5, 0.6) is 5.75 Å². The molecule has 2 aliphatic rings. The molecule has 0 aliphatic carbocycles. The lowest BCUT2D eigenvalue weighted by Crippen LogP contribution is -2.55. The van der Waals surface area contributed by atoms with E-state index in [0.29, 0.717) is 12.5 Å². The molecule has 56 heavy (non-hydrogen) atoms. The Bertz CT molecular complexity index is 1860. The third-order valence-corrected chi connectivity index (χ3v) is 8.25. The van der Waals surface area contributed by atoms with E-state index in [4.69, 9.17) is 31.4 Å². The number of ether oxygens (including phenoxy) is 1. The number of amides is 2. The summed E-state index contributed by atoms with van der Waals surface area (Å²) in [6.45, 7) is 2.62. The number of carbonyl (C=O) groups is 4. The van der Waals surface area contributed by atoms with Gasteiger partial charge in [-0.05, 0) is 48.6 Å². The third kappa shape index (κ3) is 12.7. The minimum atomic E-state index is -5.08. The molecular weight excluding hydrogens is 806 g/mol. The quantitative estimate of drug-likeness (QED) is 0.157. The Morgan fingerprint density at radius 3 is 2.04 bits per heavy atom. The first-order valence-corrected chi connectivity index (χ1v) is 16.2. The van der Waals surface area contributed by atoms with Crippen LogP contribution >= 0.6 is 11.6 Å². The van der Waals surface area contributed by atoms with Gasteiger partial charge in [0.05, 0.1) is 22.5 Å². The molecule has 3 heterocycles. The van der Waals surface area contributed by atoms with E-state index in [1.54, 1.807) is 0 Å². The summed E-state index contributed by atoms with van der Waals surface area (Å²) in [6.07, 6.45) is -8.14. The van der Waals surface area contributed by atoms with Gasteiger partial charge in [-0.3, -0.25) is 9.59 Å². The number of nitrogens with zero attached hydrogens (tertiary/aromatic N) is 3. The summed E-state index contributed by atoms with van der Waals surface area (Å²) in [5.41, 5.74) is 0.268. The van der Waals surface area contributed by atoms with Crippen molar-refractivity contribution in [3.63, 3.8) is 0 Å². The second-order valence-corrected chi connectivity index (χ2v) is 12.5. The number of anilines is 1. The highest BCUT2D eigenvalue weighted by atomic mass is 35.5. The van der Waals surface area contributed by atoms with Crippen molar-refractivity contribution in [3.05, 3.63) is 64.6 Å². The lowest BCUT2D eigenvalue weighted by Gasteiger charge is -2.43. The van der Waals surface area contributed by atoms with Crippen molar-refractivity contribution in [2.24, 2.45) is 18.9 Å². The zero-order valence-electron chi connectivity index (χ0n) is 28.6. The fraction of sp³-hybridized carbons (Fsp3) is 0.406. The Labute approximate surface area is 314 Å². The zero-order chi connectivity index (χ0) is 42.1. The maximum atomic E-state index is 14.6. The first kappa shape index (κ1) is 45.2. The van der Waals surface area contributed by atoms with Crippen LogP contribution in [-0.4, -0.2) is 107 Å². The Morgan fingerprint density at radius 1 is 0.946 bits per heavy atom. The van der Waals surface area contributed by atoms with E-state index in [1.807, 2.05) is 0 Å². The number of carboxylic acids is 2. The molecular formula is C32H31ClF10N6O7. The fourth-order valence-corrected chi connectivity index (χ4v) is 5.35. The number of benzene rings is 2. The van der Waals surface area contributed by atoms with Crippen LogP contribution in [0.15, 0.2) is 36.5 Å². The predicted molar refractivity (Wildman–Crippen MR) is 175 cm³/mol. The number of hydrogen-bond acceptors (Lipinski definition) is 8. The predicted octanol–water partition coefficient (Wildman–Crippen LogP) is 5.41. The Morgan fingerprint density at radius 2 is 1.54 bits per heavy atom. The molecule has 0 spiro atoms. The third-order valence-electron chi connectivity index (χ3n) is 7.94. The molecule has 1 aromatic heterocycles. The average molecular weight is 837 g/mol. The summed E-state index contributed by atoms with van der Waals surface area (Å²) in [4.78, 5) is 49.8. The largest absolute Gasteiger partial charge is 0.490 e. The molecule has 308 valence electrons. The van der Waals surface area contributed by atoms with Crippen LogP contribution in [0, 0.1) is 23.5 Å². The normalized spacial score (nSPS) is 14.7. The molecule has 2 aromatic carbocycles. The van der Waals surface area contributed by atoms with Gasteiger partial charge < -0.3 is 40.4 Å². The van der Waals surface area contributed by atoms with Crippen LogP contribution in [0.2, 0.25) is 5.02 Å². The van der Waals surface area contributed by atoms with Gasteiger partial charge in [0, 0.05) is 57.6 Å². The monoisotopic (exact) mass is 836 g/mol. The summed E-state index contributed by atoms with van der Waals surface area (Å²) in [7, 11) is 1.41. The van der Waals surface area contributed by atoms with Crippen molar-refractivity contribution in [3.8, 4) is 17.0 Å². The van der Waals surface area contributed by atoms with Crippen molar-refractivity contribution in [1.29, 1.82) is 0 Å².